The van der Waals surface area contributed by atoms with Crippen molar-refractivity contribution >= 4 is 29.6 Å². The minimum Gasteiger partial charge on any atom is -0.455 e. The second kappa shape index (κ2) is 9.14. The van der Waals surface area contributed by atoms with Gasteiger partial charge in [0.1, 0.15) is 23.9 Å². The van der Waals surface area contributed by atoms with Gasteiger partial charge in [0.25, 0.3) is 5.91 Å². The lowest BCUT2D eigenvalue weighted by molar-refractivity contribution is -0.133. The fourth-order valence-electron chi connectivity index (χ4n) is 3.48. The highest BCUT2D eigenvalue weighted by atomic mass is 35.5. The molecule has 6 nitrogen and oxygen atoms in total. The van der Waals surface area contributed by atoms with Crippen molar-refractivity contribution in [2.45, 2.75) is 12.3 Å². The zero-order valence-corrected chi connectivity index (χ0v) is 17.2. The topological polar surface area (TPSA) is 74.9 Å². The summed E-state index contributed by atoms with van der Waals surface area (Å²) in [5, 5.41) is 3.88. The van der Waals surface area contributed by atoms with E-state index in [1.807, 2.05) is 30.3 Å². The van der Waals surface area contributed by atoms with Crippen LogP contribution in [0.25, 0.3) is 11.3 Å². The number of carbonyl (C=O) groups is 2. The fraction of sp³-hybridized carbons (Fsp3) is 0.174. The third-order valence-corrected chi connectivity index (χ3v) is 5.32. The second-order valence-corrected chi connectivity index (χ2v) is 7.62. The van der Waals surface area contributed by atoms with Crippen molar-refractivity contribution < 1.29 is 18.4 Å². The third-order valence-electron chi connectivity index (χ3n) is 5.03. The van der Waals surface area contributed by atoms with Crippen LogP contribution in [0.3, 0.4) is 0 Å². The molecule has 1 aliphatic rings. The van der Waals surface area contributed by atoms with Crippen LogP contribution in [0.2, 0.25) is 5.02 Å². The molecule has 1 N–H and O–H groups in total. The molecule has 2 heterocycles. The lowest BCUT2D eigenvalue weighted by Crippen LogP contribution is -2.36. The van der Waals surface area contributed by atoms with Gasteiger partial charge in [-0.3, -0.25) is 9.59 Å². The molecule has 31 heavy (non-hydrogen) atoms. The van der Waals surface area contributed by atoms with Gasteiger partial charge in [-0.25, -0.2) is 9.82 Å². The lowest BCUT2D eigenvalue weighted by atomic mass is 9.99. The van der Waals surface area contributed by atoms with E-state index in [4.69, 9.17) is 16.0 Å². The smallest absolute Gasteiger partial charge is 0.259 e. The van der Waals surface area contributed by atoms with Gasteiger partial charge in [0.2, 0.25) is 5.91 Å². The van der Waals surface area contributed by atoms with Crippen LogP contribution in [0.15, 0.2) is 70.2 Å². The van der Waals surface area contributed by atoms with E-state index in [0.717, 1.165) is 5.56 Å². The Hall–Kier alpha value is -3.45. The number of benzene rings is 2. The molecule has 1 aliphatic heterocycles. The summed E-state index contributed by atoms with van der Waals surface area (Å²) in [6.07, 6.45) is 1.74. The van der Waals surface area contributed by atoms with Crippen molar-refractivity contribution in [1.82, 2.24) is 10.3 Å². The predicted molar refractivity (Wildman–Crippen MR) is 115 cm³/mol. The first-order valence-electron chi connectivity index (χ1n) is 9.69. The first kappa shape index (κ1) is 20.8. The summed E-state index contributed by atoms with van der Waals surface area (Å²) in [6.45, 7) is 0.443. The average Bonchev–Trinajstić information content (AvgIpc) is 3.38. The number of nitrogens with zero attached hydrogens (tertiary/aromatic N) is 2. The first-order valence-corrected chi connectivity index (χ1v) is 10.1. The SMILES string of the molecule is O=C(CN1C[C@@H](c2ccccc2)CC1=O)N/N=C\c1ccc(-c2ccc(F)c(Cl)c2)o1. The molecule has 1 fully saturated rings. The Kier molecular flexibility index (Phi) is 6.13. The Morgan fingerprint density at radius 3 is 2.81 bits per heavy atom. The van der Waals surface area contributed by atoms with Crippen LogP contribution < -0.4 is 5.43 Å². The van der Waals surface area contributed by atoms with Crippen LogP contribution in [0.1, 0.15) is 23.7 Å². The predicted octanol–water partition coefficient (Wildman–Crippen LogP) is 4.21. The van der Waals surface area contributed by atoms with Gasteiger partial charge in [-0.2, -0.15) is 5.10 Å². The van der Waals surface area contributed by atoms with Crippen LogP contribution in [-0.4, -0.2) is 36.0 Å². The molecule has 0 bridgehead atoms. The van der Waals surface area contributed by atoms with E-state index in [9.17, 15) is 14.0 Å². The average molecular weight is 440 g/mol. The Morgan fingerprint density at radius 1 is 1.23 bits per heavy atom. The maximum Gasteiger partial charge on any atom is 0.259 e. The van der Waals surface area contributed by atoms with E-state index in [0.29, 0.717) is 30.0 Å². The molecule has 0 spiro atoms. The van der Waals surface area contributed by atoms with E-state index >= 15 is 0 Å². The van der Waals surface area contributed by atoms with Gasteiger partial charge in [0.05, 0.1) is 11.2 Å². The van der Waals surface area contributed by atoms with Crippen LogP contribution in [0.4, 0.5) is 4.39 Å². The van der Waals surface area contributed by atoms with Crippen LogP contribution in [0.5, 0.6) is 0 Å². The molecule has 1 atom stereocenters. The number of hydrogen-bond donors (Lipinski definition) is 1. The van der Waals surface area contributed by atoms with E-state index < -0.39 is 11.7 Å². The van der Waals surface area contributed by atoms with Crippen molar-refractivity contribution in [1.29, 1.82) is 0 Å². The molecule has 0 saturated carbocycles. The minimum atomic E-state index is -0.506. The highest BCUT2D eigenvalue weighted by molar-refractivity contribution is 6.31. The highest BCUT2D eigenvalue weighted by Gasteiger charge is 2.31. The van der Waals surface area contributed by atoms with Crippen LogP contribution in [-0.2, 0) is 9.59 Å². The number of hydrazone groups is 1. The maximum absolute atomic E-state index is 13.3. The maximum atomic E-state index is 13.3. The Bertz CT molecular complexity index is 1130. The Balaban J connectivity index is 1.30. The third kappa shape index (κ3) is 5.00. The summed E-state index contributed by atoms with van der Waals surface area (Å²) in [5.41, 5.74) is 4.12. The first-order chi connectivity index (χ1) is 15.0. The van der Waals surface area contributed by atoms with E-state index in [1.165, 1.54) is 23.2 Å². The van der Waals surface area contributed by atoms with Crippen molar-refractivity contribution in [2.24, 2.45) is 5.10 Å². The molecular weight excluding hydrogens is 421 g/mol. The van der Waals surface area contributed by atoms with Crippen molar-refractivity contribution in [2.75, 3.05) is 13.1 Å². The van der Waals surface area contributed by atoms with Crippen LogP contribution in [0, 0.1) is 5.82 Å². The van der Waals surface area contributed by atoms with Crippen LogP contribution >= 0.6 is 11.6 Å². The van der Waals surface area contributed by atoms with Gasteiger partial charge >= 0.3 is 0 Å². The number of rotatable bonds is 6. The minimum absolute atomic E-state index is 0.00217. The van der Waals surface area contributed by atoms with Crippen molar-refractivity contribution in [3.63, 3.8) is 0 Å². The zero-order valence-electron chi connectivity index (χ0n) is 16.4. The molecule has 2 amide bonds. The van der Waals surface area contributed by atoms with Gasteiger partial charge in [0.15, 0.2) is 0 Å². The molecule has 0 aliphatic carbocycles. The number of carbonyl (C=O) groups excluding carboxylic acids is 2. The largest absolute Gasteiger partial charge is 0.455 e. The number of amides is 2. The molecule has 3 aromatic rings. The number of hydrogen-bond acceptors (Lipinski definition) is 4. The number of nitrogens with one attached hydrogen (secondary N) is 1. The molecule has 158 valence electrons. The molecular formula is C23H19ClFN3O3. The summed E-state index contributed by atoms with van der Waals surface area (Å²) in [4.78, 5) is 25.9. The molecule has 1 aromatic heterocycles. The molecule has 4 rings (SSSR count). The lowest BCUT2D eigenvalue weighted by Gasteiger charge is -2.15. The normalized spacial score (nSPS) is 16.3. The summed E-state index contributed by atoms with van der Waals surface area (Å²) >= 11 is 5.79. The zero-order chi connectivity index (χ0) is 21.8. The Labute approximate surface area is 183 Å². The summed E-state index contributed by atoms with van der Waals surface area (Å²) in [5.74, 6) is 0.0259. The summed E-state index contributed by atoms with van der Waals surface area (Å²) in [6, 6.07) is 17.4. The standard InChI is InChI=1S/C23H19ClFN3O3/c24-19-10-16(6-8-20(19)25)21-9-7-18(31-21)12-26-27-22(29)14-28-13-17(11-23(28)30)15-4-2-1-3-5-15/h1-10,12,17H,11,13-14H2,(H,27,29)/b26-12-/t17-/m0/s1. The van der Waals surface area contributed by atoms with Gasteiger partial charge < -0.3 is 9.32 Å². The van der Waals surface area contributed by atoms with Gasteiger partial charge in [-0.1, -0.05) is 41.9 Å². The molecule has 8 heteroatoms. The molecule has 0 radical (unpaired) electrons. The quantitative estimate of drug-likeness (QED) is 0.462. The van der Waals surface area contributed by atoms with Crippen molar-refractivity contribution in [3.05, 3.63) is 82.8 Å². The Morgan fingerprint density at radius 2 is 2.03 bits per heavy atom. The monoisotopic (exact) mass is 439 g/mol. The number of furan rings is 1. The van der Waals surface area contributed by atoms with E-state index in [-0.39, 0.29) is 23.4 Å². The number of likely N-dealkylation sites (tertiary alicyclic amines) is 1. The van der Waals surface area contributed by atoms with Gasteiger partial charge in [-0.15, -0.1) is 0 Å². The molecule has 2 aromatic carbocycles. The van der Waals surface area contributed by atoms with E-state index in [2.05, 4.69) is 10.5 Å². The van der Waals surface area contributed by atoms with Gasteiger partial charge in [0, 0.05) is 24.4 Å². The van der Waals surface area contributed by atoms with Crippen molar-refractivity contribution in [3.8, 4) is 11.3 Å². The second-order valence-electron chi connectivity index (χ2n) is 7.21. The van der Waals surface area contributed by atoms with E-state index in [1.54, 1.807) is 18.2 Å². The highest BCUT2D eigenvalue weighted by Crippen LogP contribution is 2.28. The summed E-state index contributed by atoms with van der Waals surface area (Å²) in [7, 11) is 0. The number of halogens is 2. The van der Waals surface area contributed by atoms with Gasteiger partial charge in [-0.05, 0) is 35.9 Å². The molecule has 0 unspecified atom stereocenters. The fourth-order valence-corrected chi connectivity index (χ4v) is 3.66. The summed E-state index contributed by atoms with van der Waals surface area (Å²) < 4.78 is 18.9. The molecule has 1 saturated heterocycles.